The quantitative estimate of drug-likeness (QED) is 0.310. The first-order valence-electron chi connectivity index (χ1n) is 14.4. The number of aldehydes is 1. The Morgan fingerprint density at radius 1 is 1.08 bits per heavy atom. The molecule has 0 aliphatic heterocycles. The van der Waals surface area contributed by atoms with Gasteiger partial charge >= 0.3 is 0 Å². The van der Waals surface area contributed by atoms with Crippen LogP contribution in [0.2, 0.25) is 0 Å². The van der Waals surface area contributed by atoms with Gasteiger partial charge in [0.05, 0.1) is 17.8 Å². The van der Waals surface area contributed by atoms with Crippen molar-refractivity contribution in [3.8, 4) is 0 Å². The summed E-state index contributed by atoms with van der Waals surface area (Å²) in [5.74, 6) is 1.58. The van der Waals surface area contributed by atoms with Gasteiger partial charge in [-0.1, -0.05) is 58.4 Å². The van der Waals surface area contributed by atoms with Gasteiger partial charge in [-0.3, -0.25) is 0 Å². The van der Waals surface area contributed by atoms with E-state index >= 15 is 0 Å². The largest absolute Gasteiger partial charge is 0.392 e. The third kappa shape index (κ3) is 3.92. The van der Waals surface area contributed by atoms with Crippen molar-refractivity contribution in [1.82, 2.24) is 0 Å². The van der Waals surface area contributed by atoms with Crippen LogP contribution in [0.4, 0.5) is 0 Å². The van der Waals surface area contributed by atoms with E-state index in [0.717, 1.165) is 38.5 Å². The van der Waals surface area contributed by atoms with Gasteiger partial charge in [0.15, 0.2) is 0 Å². The van der Waals surface area contributed by atoms with Gasteiger partial charge in [0, 0.05) is 31.0 Å². The second-order valence-electron chi connectivity index (χ2n) is 14.3. The number of allylic oxidation sites excluding steroid dienone is 1. The number of aliphatic hydroxyl groups excluding tert-OH is 1. The number of carbonyl (C=O) groups is 1. The number of carbonyl (C=O) groups excluding carboxylic acids is 1. The number of aliphatic hydroxyl groups is 1. The summed E-state index contributed by atoms with van der Waals surface area (Å²) in [5, 5.41) is 10.9. The van der Waals surface area contributed by atoms with Gasteiger partial charge in [-0.05, 0) is 87.4 Å². The van der Waals surface area contributed by atoms with Crippen LogP contribution in [0.15, 0.2) is 23.8 Å². The number of ether oxygens (including phenoxy) is 2. The molecule has 4 aliphatic rings. The fraction of sp³-hybridized carbons (Fsp3) is 0.844. The molecule has 36 heavy (non-hydrogen) atoms. The summed E-state index contributed by atoms with van der Waals surface area (Å²) in [6.45, 7) is 15.9. The smallest absolute Gasteiger partial charge is 0.127 e. The first kappa shape index (κ1) is 28.0. The second-order valence-corrected chi connectivity index (χ2v) is 14.3. The Kier molecular flexibility index (Phi) is 7.28. The van der Waals surface area contributed by atoms with E-state index in [2.05, 4.69) is 66.7 Å². The molecular formula is C32H52O4. The van der Waals surface area contributed by atoms with Gasteiger partial charge in [-0.25, -0.2) is 0 Å². The van der Waals surface area contributed by atoms with Gasteiger partial charge in [-0.15, -0.1) is 0 Å². The topological polar surface area (TPSA) is 55.8 Å². The van der Waals surface area contributed by atoms with Gasteiger partial charge in [-0.2, -0.15) is 0 Å². The zero-order valence-electron chi connectivity index (χ0n) is 24.4. The Hall–Kier alpha value is -0.970. The van der Waals surface area contributed by atoms with Crippen LogP contribution in [0.5, 0.6) is 0 Å². The molecule has 1 N–H and O–H groups in total. The molecule has 0 aromatic heterocycles. The molecule has 4 nitrogen and oxygen atoms in total. The Morgan fingerprint density at radius 3 is 2.39 bits per heavy atom. The molecule has 0 bridgehead atoms. The molecule has 0 aromatic carbocycles. The molecule has 4 heteroatoms. The molecule has 0 radical (unpaired) electrons. The van der Waals surface area contributed by atoms with Crippen LogP contribution in [-0.2, 0) is 14.3 Å². The minimum atomic E-state index is -0.406. The van der Waals surface area contributed by atoms with E-state index in [0.29, 0.717) is 11.8 Å². The molecule has 0 heterocycles. The maximum absolute atomic E-state index is 13.3. The summed E-state index contributed by atoms with van der Waals surface area (Å²) < 4.78 is 11.8. The molecule has 0 spiro atoms. The monoisotopic (exact) mass is 500 g/mol. The Bertz CT molecular complexity index is 902. The van der Waals surface area contributed by atoms with Gasteiger partial charge in [0.2, 0.25) is 0 Å². The average Bonchev–Trinajstić information content (AvgIpc) is 3.11. The van der Waals surface area contributed by atoms with E-state index < -0.39 is 5.41 Å². The summed E-state index contributed by atoms with van der Waals surface area (Å²) in [4.78, 5) is 13.3. The van der Waals surface area contributed by atoms with Crippen LogP contribution >= 0.6 is 0 Å². The lowest BCUT2D eigenvalue weighted by Gasteiger charge is -2.66. The maximum Gasteiger partial charge on any atom is 0.127 e. The fourth-order valence-corrected chi connectivity index (χ4v) is 9.52. The van der Waals surface area contributed by atoms with E-state index in [-0.39, 0.29) is 45.9 Å². The highest BCUT2D eigenvalue weighted by atomic mass is 16.5. The summed E-state index contributed by atoms with van der Waals surface area (Å²) in [7, 11) is 3.58. The fourth-order valence-electron chi connectivity index (χ4n) is 9.52. The number of hydrogen-bond donors (Lipinski definition) is 1. The molecule has 3 saturated carbocycles. The Balaban J connectivity index is 1.71. The molecule has 0 saturated heterocycles. The van der Waals surface area contributed by atoms with Gasteiger partial charge in [0.1, 0.15) is 6.29 Å². The summed E-state index contributed by atoms with van der Waals surface area (Å²) in [6, 6.07) is 0. The molecule has 3 fully saturated rings. The van der Waals surface area contributed by atoms with E-state index in [4.69, 9.17) is 9.47 Å². The molecular weight excluding hydrogens is 448 g/mol. The zero-order chi connectivity index (χ0) is 26.7. The van der Waals surface area contributed by atoms with E-state index in [9.17, 15) is 9.90 Å². The number of rotatable bonds is 7. The lowest BCUT2D eigenvalue weighted by Crippen LogP contribution is -2.64. The molecule has 1 unspecified atom stereocenters. The molecule has 4 rings (SSSR count). The Labute approximate surface area is 220 Å². The van der Waals surface area contributed by atoms with Crippen LogP contribution in [-0.4, -0.2) is 43.4 Å². The minimum Gasteiger partial charge on any atom is -0.392 e. The van der Waals surface area contributed by atoms with Crippen molar-refractivity contribution in [2.24, 2.45) is 45.3 Å². The molecule has 0 aromatic rings. The highest BCUT2D eigenvalue weighted by Crippen LogP contribution is 2.74. The maximum atomic E-state index is 13.3. The van der Waals surface area contributed by atoms with E-state index in [1.165, 1.54) is 18.3 Å². The van der Waals surface area contributed by atoms with Crippen molar-refractivity contribution in [2.75, 3.05) is 14.2 Å². The Morgan fingerprint density at radius 2 is 1.78 bits per heavy atom. The zero-order valence-corrected chi connectivity index (χ0v) is 24.4. The molecule has 204 valence electrons. The van der Waals surface area contributed by atoms with Crippen LogP contribution in [0.1, 0.15) is 93.4 Å². The standard InChI is InChI=1S/C32H52O4/c1-21(11-10-15-28(2,3)36-9)22-14-16-31(7)27-25(35-8)19-24-23(12-13-26(34)29(24,4)5)32(27,20-33)18-17-30(22,31)6/h10,15,19-23,25-27,34H,11-14,16-18H2,1-9H3/b15-10+/t21-,22?,23-,25+,26+,27+,30-,31+,32-/m1/s1. The second kappa shape index (κ2) is 9.35. The van der Waals surface area contributed by atoms with Crippen molar-refractivity contribution in [1.29, 1.82) is 0 Å². The highest BCUT2D eigenvalue weighted by Gasteiger charge is 2.70. The van der Waals surface area contributed by atoms with Crippen molar-refractivity contribution >= 4 is 6.29 Å². The third-order valence-corrected chi connectivity index (χ3v) is 12.2. The summed E-state index contributed by atoms with van der Waals surface area (Å²) in [5.41, 5.74) is 0.497. The van der Waals surface area contributed by atoms with Crippen LogP contribution in [0.25, 0.3) is 0 Å². The summed E-state index contributed by atoms with van der Waals surface area (Å²) >= 11 is 0. The van der Waals surface area contributed by atoms with Crippen LogP contribution in [0, 0.1) is 45.3 Å². The minimum absolute atomic E-state index is 0.0313. The predicted molar refractivity (Wildman–Crippen MR) is 146 cm³/mol. The lowest BCUT2D eigenvalue weighted by molar-refractivity contribution is -0.186. The third-order valence-electron chi connectivity index (χ3n) is 12.2. The van der Waals surface area contributed by atoms with Crippen molar-refractivity contribution in [3.05, 3.63) is 23.8 Å². The normalized spacial score (nSPS) is 44.9. The molecule has 4 aliphatic carbocycles. The highest BCUT2D eigenvalue weighted by molar-refractivity contribution is 5.65. The van der Waals surface area contributed by atoms with Crippen LogP contribution in [0.3, 0.4) is 0 Å². The predicted octanol–water partition coefficient (Wildman–Crippen LogP) is 6.76. The number of methoxy groups -OCH3 is 2. The number of fused-ring (bicyclic) bond motifs is 5. The molecule has 0 amide bonds. The van der Waals surface area contributed by atoms with Crippen LogP contribution < -0.4 is 0 Å². The molecule has 9 atom stereocenters. The van der Waals surface area contributed by atoms with E-state index in [1.807, 2.05) is 7.11 Å². The first-order chi connectivity index (χ1) is 16.7. The van der Waals surface area contributed by atoms with Gasteiger partial charge < -0.3 is 19.4 Å². The lowest BCUT2D eigenvalue weighted by atomic mass is 9.38. The SMILES string of the molecule is CO[C@H]1C=C2[C@@H](CC[C@H](O)C2(C)C)[C@]2(C=O)CC[C@]3(C)C([C@H](C)C/C=C/C(C)(C)OC)CC[C@@]3(C)[C@H]12. The summed E-state index contributed by atoms with van der Waals surface area (Å²) in [6.07, 6.45) is 14.8. The number of hydrogen-bond acceptors (Lipinski definition) is 4. The van der Waals surface area contributed by atoms with Crippen molar-refractivity contribution in [3.63, 3.8) is 0 Å². The van der Waals surface area contributed by atoms with Crippen molar-refractivity contribution < 1.29 is 19.4 Å². The average molecular weight is 501 g/mol. The first-order valence-corrected chi connectivity index (χ1v) is 14.4. The van der Waals surface area contributed by atoms with E-state index in [1.54, 1.807) is 7.11 Å². The van der Waals surface area contributed by atoms with Gasteiger partial charge in [0.25, 0.3) is 0 Å². The van der Waals surface area contributed by atoms with Crippen molar-refractivity contribution in [2.45, 2.75) is 111 Å².